The van der Waals surface area contributed by atoms with Crippen molar-refractivity contribution in [3.63, 3.8) is 0 Å². The number of methoxy groups -OCH3 is 2. The van der Waals surface area contributed by atoms with E-state index in [0.717, 1.165) is 0 Å². The molecule has 1 aliphatic rings. The summed E-state index contributed by atoms with van der Waals surface area (Å²) in [4.78, 5) is 38.2. The Labute approximate surface area is 290 Å². The maximum Gasteiger partial charge on any atom is 0.407 e. The highest BCUT2D eigenvalue weighted by Crippen LogP contribution is 2.35. The maximum atomic E-state index is 15.3. The van der Waals surface area contributed by atoms with Gasteiger partial charge in [-0.15, -0.1) is 0 Å². The third-order valence-electron chi connectivity index (χ3n) is 7.88. The van der Waals surface area contributed by atoms with Crippen molar-refractivity contribution in [3.8, 4) is 5.75 Å². The molecule has 1 heterocycles. The molecular formula is C34H37ClF4N4O7. The van der Waals surface area contributed by atoms with Gasteiger partial charge in [-0.2, -0.15) is 13.2 Å². The fourth-order valence-electron chi connectivity index (χ4n) is 5.41. The van der Waals surface area contributed by atoms with E-state index >= 15 is 4.39 Å². The molecule has 4 rings (SSSR count). The van der Waals surface area contributed by atoms with E-state index < -0.39 is 54.6 Å². The minimum absolute atomic E-state index is 0.0925. The number of morpholine rings is 1. The lowest BCUT2D eigenvalue weighted by Gasteiger charge is -2.30. The van der Waals surface area contributed by atoms with Crippen LogP contribution in [0.1, 0.15) is 29.0 Å². The molecule has 1 fully saturated rings. The SMILES string of the molecule is COC(=O)N[C@H](C(=O)Nc1cccc(F)c1CC[C@@H]1CN[C@H](COC(=O)NCC(F)(F)F)CO1)[C@H](c1ccccc1)c1ccc(OC)c(Cl)c1. The van der Waals surface area contributed by atoms with Crippen LogP contribution in [0.15, 0.2) is 66.7 Å². The van der Waals surface area contributed by atoms with Gasteiger partial charge in [0.1, 0.15) is 30.8 Å². The Morgan fingerprint density at radius 2 is 1.78 bits per heavy atom. The molecule has 0 spiro atoms. The largest absolute Gasteiger partial charge is 0.495 e. The van der Waals surface area contributed by atoms with E-state index in [1.807, 2.05) is 6.07 Å². The van der Waals surface area contributed by atoms with Gasteiger partial charge < -0.3 is 40.2 Å². The number of nitrogens with one attached hydrogen (secondary N) is 4. The molecule has 3 aromatic carbocycles. The van der Waals surface area contributed by atoms with Crippen LogP contribution in [0.25, 0.3) is 0 Å². The highest BCUT2D eigenvalue weighted by molar-refractivity contribution is 6.32. The molecule has 0 bridgehead atoms. The molecule has 16 heteroatoms. The number of halogens is 5. The second-order valence-electron chi connectivity index (χ2n) is 11.3. The summed E-state index contributed by atoms with van der Waals surface area (Å²) in [5, 5.41) is 10.4. The standard InChI is InChI=1S/C34H37ClF4N4O7/c1-47-28-14-11-21(15-25(28)35)29(20-7-4-3-5-8-20)30(43-33(46)48-2)31(44)42-27-10-6-9-26(36)24(27)13-12-23-16-40-22(17-49-23)18-50-32(45)41-19-34(37,38)39/h3-11,14-15,22-23,29-30,40H,12-13,16-19H2,1-2H3,(H,41,45)(H,42,44)(H,43,46)/t22-,23+,29+,30-/m0/s1. The van der Waals surface area contributed by atoms with Gasteiger partial charge in [0.2, 0.25) is 5.91 Å². The normalized spacial score (nSPS) is 17.2. The number of rotatable bonds is 13. The van der Waals surface area contributed by atoms with E-state index in [2.05, 4.69) is 16.0 Å². The first kappa shape index (κ1) is 38.2. The summed E-state index contributed by atoms with van der Waals surface area (Å²) in [6.07, 6.45) is -6.52. The van der Waals surface area contributed by atoms with Crippen molar-refractivity contribution in [2.24, 2.45) is 0 Å². The first-order chi connectivity index (χ1) is 23.9. The number of carbonyl (C=O) groups is 3. The smallest absolute Gasteiger partial charge is 0.407 e. The van der Waals surface area contributed by atoms with Gasteiger partial charge in [0.15, 0.2) is 0 Å². The van der Waals surface area contributed by atoms with Gasteiger partial charge in [0.25, 0.3) is 0 Å². The molecule has 1 saturated heterocycles. The van der Waals surface area contributed by atoms with Gasteiger partial charge in [0, 0.05) is 23.7 Å². The molecule has 4 atom stereocenters. The Morgan fingerprint density at radius 1 is 1.02 bits per heavy atom. The Bertz CT molecular complexity index is 1610. The second-order valence-corrected chi connectivity index (χ2v) is 11.7. The average Bonchev–Trinajstić information content (AvgIpc) is 3.10. The Kier molecular flexibility index (Phi) is 13.7. The first-order valence-electron chi connectivity index (χ1n) is 15.5. The summed E-state index contributed by atoms with van der Waals surface area (Å²) in [5.74, 6) is -1.56. The van der Waals surface area contributed by atoms with Crippen LogP contribution in [0.4, 0.5) is 32.8 Å². The predicted molar refractivity (Wildman–Crippen MR) is 176 cm³/mol. The number of carbonyl (C=O) groups excluding carboxylic acids is 3. The van der Waals surface area contributed by atoms with Crippen LogP contribution in [0.3, 0.4) is 0 Å². The van der Waals surface area contributed by atoms with Crippen molar-refractivity contribution >= 4 is 35.4 Å². The molecule has 1 aliphatic heterocycles. The molecule has 50 heavy (non-hydrogen) atoms. The van der Waals surface area contributed by atoms with Crippen molar-refractivity contribution in [2.45, 2.75) is 43.1 Å². The molecule has 0 aromatic heterocycles. The van der Waals surface area contributed by atoms with Gasteiger partial charge in [-0.05, 0) is 48.2 Å². The highest BCUT2D eigenvalue weighted by Gasteiger charge is 2.34. The zero-order valence-corrected chi connectivity index (χ0v) is 27.9. The second kappa shape index (κ2) is 17.9. The topological polar surface area (TPSA) is 136 Å². The third-order valence-corrected chi connectivity index (χ3v) is 8.17. The average molecular weight is 725 g/mol. The number of ether oxygens (including phenoxy) is 4. The molecular weight excluding hydrogens is 688 g/mol. The summed E-state index contributed by atoms with van der Waals surface area (Å²) in [7, 11) is 2.64. The van der Waals surface area contributed by atoms with E-state index in [-0.39, 0.29) is 37.0 Å². The highest BCUT2D eigenvalue weighted by atomic mass is 35.5. The lowest BCUT2D eigenvalue weighted by molar-refractivity contribution is -0.124. The number of benzene rings is 3. The zero-order chi connectivity index (χ0) is 36.3. The Balaban J connectivity index is 1.46. The van der Waals surface area contributed by atoms with E-state index in [9.17, 15) is 27.6 Å². The molecule has 4 N–H and O–H groups in total. The lowest BCUT2D eigenvalue weighted by atomic mass is 9.84. The predicted octanol–water partition coefficient (Wildman–Crippen LogP) is 5.56. The summed E-state index contributed by atoms with van der Waals surface area (Å²) in [6.45, 7) is -1.33. The van der Waals surface area contributed by atoms with Crippen molar-refractivity contribution < 1.29 is 50.9 Å². The fraction of sp³-hybridized carbons (Fsp3) is 0.382. The number of alkyl halides is 3. The van der Waals surface area contributed by atoms with Gasteiger partial charge in [-0.1, -0.05) is 54.1 Å². The molecule has 11 nitrogen and oxygen atoms in total. The van der Waals surface area contributed by atoms with Crippen LogP contribution in [0.5, 0.6) is 5.75 Å². The maximum absolute atomic E-state index is 15.3. The number of alkyl carbamates (subject to hydrolysis) is 2. The van der Waals surface area contributed by atoms with Gasteiger partial charge in [-0.25, -0.2) is 14.0 Å². The molecule has 0 unspecified atom stereocenters. The molecule has 3 aromatic rings. The van der Waals surface area contributed by atoms with Crippen LogP contribution in [0, 0.1) is 5.82 Å². The lowest BCUT2D eigenvalue weighted by Crippen LogP contribution is -2.49. The summed E-state index contributed by atoms with van der Waals surface area (Å²) in [6, 6.07) is 16.6. The van der Waals surface area contributed by atoms with Crippen molar-refractivity contribution in [1.29, 1.82) is 0 Å². The van der Waals surface area contributed by atoms with Gasteiger partial charge in [0.05, 0.1) is 38.0 Å². The van der Waals surface area contributed by atoms with E-state index in [0.29, 0.717) is 34.9 Å². The molecule has 0 aliphatic carbocycles. The first-order valence-corrected chi connectivity index (χ1v) is 15.9. The van der Waals surface area contributed by atoms with Crippen molar-refractivity contribution in [3.05, 3.63) is 94.3 Å². The quantitative estimate of drug-likeness (QED) is 0.168. The zero-order valence-electron chi connectivity index (χ0n) is 27.2. The van der Waals surface area contributed by atoms with Crippen LogP contribution < -0.4 is 26.0 Å². The van der Waals surface area contributed by atoms with Crippen LogP contribution in [0.2, 0.25) is 5.02 Å². The van der Waals surface area contributed by atoms with Crippen LogP contribution in [-0.2, 0) is 25.4 Å². The van der Waals surface area contributed by atoms with E-state index in [1.165, 1.54) is 26.4 Å². The monoisotopic (exact) mass is 724 g/mol. The van der Waals surface area contributed by atoms with Crippen molar-refractivity contribution in [2.75, 3.05) is 45.8 Å². The minimum Gasteiger partial charge on any atom is -0.495 e. The van der Waals surface area contributed by atoms with Crippen LogP contribution in [-0.4, -0.2) is 83.0 Å². The number of amides is 3. The van der Waals surface area contributed by atoms with Gasteiger partial charge >= 0.3 is 18.4 Å². The Hall–Kier alpha value is -4.60. The van der Waals surface area contributed by atoms with Crippen LogP contribution >= 0.6 is 11.6 Å². The van der Waals surface area contributed by atoms with Crippen molar-refractivity contribution in [1.82, 2.24) is 16.0 Å². The van der Waals surface area contributed by atoms with E-state index in [1.54, 1.807) is 53.8 Å². The number of hydrogen-bond donors (Lipinski definition) is 4. The molecule has 0 radical (unpaired) electrons. The molecule has 3 amide bonds. The Morgan fingerprint density at radius 3 is 2.42 bits per heavy atom. The summed E-state index contributed by atoms with van der Waals surface area (Å²) >= 11 is 6.46. The van der Waals surface area contributed by atoms with E-state index in [4.69, 9.17) is 30.5 Å². The molecule has 270 valence electrons. The molecule has 0 saturated carbocycles. The minimum atomic E-state index is -4.56. The summed E-state index contributed by atoms with van der Waals surface area (Å²) < 4.78 is 72.9. The third kappa shape index (κ3) is 11.0. The van der Waals surface area contributed by atoms with Gasteiger partial charge in [-0.3, -0.25) is 4.79 Å². The number of anilines is 1. The fourth-order valence-corrected chi connectivity index (χ4v) is 5.67. The number of hydrogen-bond acceptors (Lipinski definition) is 8. The summed E-state index contributed by atoms with van der Waals surface area (Å²) in [5.41, 5.74) is 1.66.